The Morgan fingerprint density at radius 2 is 1.00 bits per heavy atom. The molecule has 1 aliphatic carbocycles. The Morgan fingerprint density at radius 1 is 0.625 bits per heavy atom. The normalized spacial score (nSPS) is 14.2. The van der Waals surface area contributed by atoms with Gasteiger partial charge in [0.2, 0.25) is 0 Å². The van der Waals surface area contributed by atoms with Crippen molar-refractivity contribution in [2.45, 2.75) is 77.0 Å². The maximum Gasteiger partial charge on any atom is 0.333 e. The molecule has 0 unspecified atom stereocenters. The van der Waals surface area contributed by atoms with E-state index >= 15 is 0 Å². The van der Waals surface area contributed by atoms with Crippen LogP contribution in [0.4, 0.5) is 0 Å². The van der Waals surface area contributed by atoms with Gasteiger partial charge in [0.05, 0.1) is 26.4 Å². The number of hydrogen-bond acceptors (Lipinski definition) is 6. The van der Waals surface area contributed by atoms with E-state index in [4.69, 9.17) is 18.9 Å². The van der Waals surface area contributed by atoms with Crippen LogP contribution in [-0.2, 0) is 24.5 Å². The van der Waals surface area contributed by atoms with Gasteiger partial charge in [-0.05, 0) is 87.8 Å². The maximum absolute atomic E-state index is 11.4. The third-order valence-electron chi connectivity index (χ3n) is 7.30. The van der Waals surface area contributed by atoms with E-state index in [0.29, 0.717) is 37.6 Å². The fraction of sp³-hybridized carbons (Fsp3) is 0.471. The molecule has 2 aromatic rings. The van der Waals surface area contributed by atoms with Gasteiger partial charge < -0.3 is 18.9 Å². The van der Waals surface area contributed by atoms with Crippen molar-refractivity contribution in [3.05, 3.63) is 84.0 Å². The summed E-state index contributed by atoms with van der Waals surface area (Å²) in [7, 11) is 0. The highest BCUT2D eigenvalue weighted by molar-refractivity contribution is 5.87. The van der Waals surface area contributed by atoms with Crippen molar-refractivity contribution in [1.29, 1.82) is 0 Å². The molecule has 0 saturated heterocycles. The minimum atomic E-state index is -0.342. The summed E-state index contributed by atoms with van der Waals surface area (Å²) in [6.07, 6.45) is 9.07. The van der Waals surface area contributed by atoms with Crippen LogP contribution in [0.2, 0.25) is 0 Å². The Balaban J connectivity index is 1.50. The molecule has 0 amide bonds. The quantitative estimate of drug-likeness (QED) is 0.123. The van der Waals surface area contributed by atoms with Crippen LogP contribution in [0.15, 0.2) is 72.8 Å². The molecule has 6 heteroatoms. The van der Waals surface area contributed by atoms with Crippen molar-refractivity contribution >= 4 is 11.9 Å². The van der Waals surface area contributed by atoms with Crippen LogP contribution < -0.4 is 9.47 Å². The molecule has 3 rings (SSSR count). The van der Waals surface area contributed by atoms with Gasteiger partial charge >= 0.3 is 11.9 Å². The predicted octanol–water partition coefficient (Wildman–Crippen LogP) is 7.49. The second-order valence-electron chi connectivity index (χ2n) is 10.6. The first kappa shape index (κ1) is 31.0. The Bertz CT molecular complexity index is 1030. The molecule has 2 aromatic carbocycles. The number of rotatable bonds is 16. The molecular formula is C34H44O6. The fourth-order valence-corrected chi connectivity index (χ4v) is 5.00. The van der Waals surface area contributed by atoms with Crippen LogP contribution in [0.1, 0.15) is 82.8 Å². The van der Waals surface area contributed by atoms with Gasteiger partial charge in [0, 0.05) is 16.6 Å². The molecule has 40 heavy (non-hydrogen) atoms. The number of carbonyl (C=O) groups is 2. The number of ether oxygens (including phenoxy) is 4. The van der Waals surface area contributed by atoms with Gasteiger partial charge in [0.15, 0.2) is 0 Å². The summed E-state index contributed by atoms with van der Waals surface area (Å²) >= 11 is 0. The SMILES string of the molecule is C=C(C)C(=O)OCCCCOc1ccc(C2(c3ccc(OCCCCOC(=O)C(=C)C)cc3)CCCCC2)cc1. The third kappa shape index (κ3) is 9.29. The summed E-state index contributed by atoms with van der Waals surface area (Å²) in [5.74, 6) is 1.02. The van der Waals surface area contributed by atoms with Gasteiger partial charge in [-0.25, -0.2) is 9.59 Å². The Hall–Kier alpha value is -3.54. The van der Waals surface area contributed by atoms with E-state index in [1.807, 2.05) is 0 Å². The molecule has 0 bridgehead atoms. The van der Waals surface area contributed by atoms with E-state index in [2.05, 4.69) is 61.7 Å². The lowest BCUT2D eigenvalue weighted by Crippen LogP contribution is -2.30. The molecule has 1 saturated carbocycles. The van der Waals surface area contributed by atoms with Crippen molar-refractivity contribution < 1.29 is 28.5 Å². The second-order valence-corrected chi connectivity index (χ2v) is 10.6. The topological polar surface area (TPSA) is 71.1 Å². The van der Waals surface area contributed by atoms with Crippen LogP contribution in [0, 0.1) is 0 Å². The first-order chi connectivity index (χ1) is 19.3. The van der Waals surface area contributed by atoms with Gasteiger partial charge in [0.25, 0.3) is 0 Å². The van der Waals surface area contributed by atoms with Crippen LogP contribution in [0.3, 0.4) is 0 Å². The van der Waals surface area contributed by atoms with E-state index in [0.717, 1.165) is 50.0 Å². The third-order valence-corrected chi connectivity index (χ3v) is 7.30. The summed E-state index contributed by atoms with van der Waals surface area (Å²) in [6, 6.07) is 17.1. The zero-order valence-corrected chi connectivity index (χ0v) is 24.2. The average molecular weight is 549 g/mol. The molecule has 0 heterocycles. The number of esters is 2. The highest BCUT2D eigenvalue weighted by Crippen LogP contribution is 2.45. The highest BCUT2D eigenvalue weighted by atomic mass is 16.5. The molecule has 0 atom stereocenters. The molecule has 0 N–H and O–H groups in total. The van der Waals surface area contributed by atoms with Crippen LogP contribution in [0.25, 0.3) is 0 Å². The molecule has 6 nitrogen and oxygen atoms in total. The van der Waals surface area contributed by atoms with Crippen molar-refractivity contribution in [2.75, 3.05) is 26.4 Å². The molecule has 0 spiro atoms. The van der Waals surface area contributed by atoms with Gasteiger partial charge in [-0.1, -0.05) is 56.7 Å². The van der Waals surface area contributed by atoms with Crippen molar-refractivity contribution in [2.24, 2.45) is 0 Å². The number of unbranched alkanes of at least 4 members (excludes halogenated alkanes) is 2. The van der Waals surface area contributed by atoms with Gasteiger partial charge in [-0.3, -0.25) is 0 Å². The summed E-state index contributed by atoms with van der Waals surface area (Å²) in [4.78, 5) is 22.9. The lowest BCUT2D eigenvalue weighted by Gasteiger charge is -2.38. The molecule has 0 aromatic heterocycles. The second kappa shape index (κ2) is 15.9. The smallest absolute Gasteiger partial charge is 0.333 e. The van der Waals surface area contributed by atoms with Crippen molar-refractivity contribution in [3.8, 4) is 11.5 Å². The first-order valence-corrected chi connectivity index (χ1v) is 14.4. The summed E-state index contributed by atoms with van der Waals surface area (Å²) in [6.45, 7) is 12.4. The molecule has 0 aliphatic heterocycles. The van der Waals surface area contributed by atoms with Crippen LogP contribution in [-0.4, -0.2) is 38.4 Å². The predicted molar refractivity (Wildman–Crippen MR) is 158 cm³/mol. The molecule has 1 fully saturated rings. The standard InChI is InChI=1S/C34H44O6/c1-26(2)32(35)39-24-10-8-22-37-30-16-12-28(13-17-30)34(20-6-5-7-21-34)29-14-18-31(19-15-29)38-23-9-11-25-40-33(36)27(3)4/h12-19H,1,3,5-11,20-25H2,2,4H3. The Labute approximate surface area is 239 Å². The van der Waals surface area contributed by atoms with Crippen molar-refractivity contribution in [3.63, 3.8) is 0 Å². The number of carbonyl (C=O) groups excluding carboxylic acids is 2. The minimum Gasteiger partial charge on any atom is -0.494 e. The van der Waals surface area contributed by atoms with E-state index in [1.54, 1.807) is 13.8 Å². The zero-order chi connectivity index (χ0) is 28.8. The largest absolute Gasteiger partial charge is 0.494 e. The minimum absolute atomic E-state index is 0.00434. The molecule has 0 radical (unpaired) electrons. The molecule has 216 valence electrons. The lowest BCUT2D eigenvalue weighted by molar-refractivity contribution is -0.139. The summed E-state index contributed by atoms with van der Waals surface area (Å²) < 4.78 is 22.1. The van der Waals surface area contributed by atoms with E-state index in [1.165, 1.54) is 30.4 Å². The fourth-order valence-electron chi connectivity index (χ4n) is 5.00. The van der Waals surface area contributed by atoms with Gasteiger partial charge in [-0.2, -0.15) is 0 Å². The van der Waals surface area contributed by atoms with E-state index in [-0.39, 0.29) is 17.4 Å². The number of hydrogen-bond donors (Lipinski definition) is 0. The van der Waals surface area contributed by atoms with Gasteiger partial charge in [0.1, 0.15) is 11.5 Å². The van der Waals surface area contributed by atoms with E-state index in [9.17, 15) is 9.59 Å². The monoisotopic (exact) mass is 548 g/mol. The maximum atomic E-state index is 11.4. The van der Waals surface area contributed by atoms with Crippen LogP contribution >= 0.6 is 0 Å². The van der Waals surface area contributed by atoms with E-state index < -0.39 is 0 Å². The Kier molecular flexibility index (Phi) is 12.3. The zero-order valence-electron chi connectivity index (χ0n) is 24.2. The van der Waals surface area contributed by atoms with Crippen LogP contribution in [0.5, 0.6) is 11.5 Å². The Morgan fingerprint density at radius 3 is 1.38 bits per heavy atom. The summed E-state index contributed by atoms with van der Waals surface area (Å²) in [5, 5.41) is 0. The van der Waals surface area contributed by atoms with Crippen molar-refractivity contribution in [1.82, 2.24) is 0 Å². The molecule has 1 aliphatic rings. The highest BCUT2D eigenvalue weighted by Gasteiger charge is 2.35. The molecular weight excluding hydrogens is 504 g/mol. The lowest BCUT2D eigenvalue weighted by atomic mass is 9.65. The average Bonchev–Trinajstić information content (AvgIpc) is 2.97. The first-order valence-electron chi connectivity index (χ1n) is 14.4. The number of benzene rings is 2. The van der Waals surface area contributed by atoms with Gasteiger partial charge in [-0.15, -0.1) is 0 Å². The summed E-state index contributed by atoms with van der Waals surface area (Å²) in [5.41, 5.74) is 3.48.